The number of benzene rings is 1. The van der Waals surface area contributed by atoms with Crippen LogP contribution < -0.4 is 5.32 Å². The molecule has 1 aliphatic rings. The van der Waals surface area contributed by atoms with Gasteiger partial charge < -0.3 is 10.3 Å². The fourth-order valence-corrected chi connectivity index (χ4v) is 2.91. The number of aromatic nitrogens is 3. The smallest absolute Gasteiger partial charge is 0.230 e. The highest BCUT2D eigenvalue weighted by molar-refractivity contribution is 5.95. The first-order chi connectivity index (χ1) is 10.7. The van der Waals surface area contributed by atoms with Crippen molar-refractivity contribution in [2.75, 3.05) is 5.32 Å². The number of fused-ring (bicyclic) bond motifs is 1. The van der Waals surface area contributed by atoms with Gasteiger partial charge in [-0.15, -0.1) is 0 Å². The number of carbonyl (C=O) groups excluding carboxylic acids is 1. The first-order valence-electron chi connectivity index (χ1n) is 7.62. The van der Waals surface area contributed by atoms with Crippen LogP contribution in [0.2, 0.25) is 0 Å². The largest absolute Gasteiger partial charge is 0.358 e. The summed E-state index contributed by atoms with van der Waals surface area (Å²) < 4.78 is 0. The van der Waals surface area contributed by atoms with Crippen LogP contribution in [0.15, 0.2) is 30.3 Å². The Morgan fingerprint density at radius 2 is 2.18 bits per heavy atom. The molecule has 1 saturated carbocycles. The molecule has 0 bridgehead atoms. The van der Waals surface area contributed by atoms with Crippen LogP contribution in [-0.2, 0) is 11.2 Å². The van der Waals surface area contributed by atoms with Crippen molar-refractivity contribution < 1.29 is 4.79 Å². The van der Waals surface area contributed by atoms with Gasteiger partial charge in [0.15, 0.2) is 5.82 Å². The van der Waals surface area contributed by atoms with Gasteiger partial charge >= 0.3 is 0 Å². The summed E-state index contributed by atoms with van der Waals surface area (Å²) in [6.07, 6.45) is 2.77. The molecule has 0 saturated heterocycles. The summed E-state index contributed by atoms with van der Waals surface area (Å²) in [6, 6.07) is 10.00. The molecular weight excluding hydrogens is 276 g/mol. The lowest BCUT2D eigenvalue weighted by Crippen LogP contribution is -2.15. The third-order valence-corrected chi connectivity index (χ3v) is 4.25. The number of para-hydroxylation sites is 1. The normalized spacial score (nSPS) is 14.4. The van der Waals surface area contributed by atoms with Gasteiger partial charge in [-0.05, 0) is 31.4 Å². The number of amides is 1. The Hall–Kier alpha value is -2.56. The lowest BCUT2D eigenvalue weighted by molar-refractivity contribution is -0.115. The maximum absolute atomic E-state index is 12.3. The highest BCUT2D eigenvalue weighted by Gasteiger charge is 2.25. The number of hydrogen-bond acceptors (Lipinski definition) is 2. The van der Waals surface area contributed by atoms with Crippen LogP contribution in [0.4, 0.5) is 5.82 Å². The molecule has 2 aromatic heterocycles. The van der Waals surface area contributed by atoms with Crippen LogP contribution in [0.1, 0.15) is 35.7 Å². The molecule has 5 nitrogen and oxygen atoms in total. The lowest BCUT2D eigenvalue weighted by Gasteiger charge is -2.02. The highest BCUT2D eigenvalue weighted by Crippen LogP contribution is 2.39. The molecule has 3 N–H and O–H groups in total. The van der Waals surface area contributed by atoms with Crippen LogP contribution in [-0.4, -0.2) is 21.1 Å². The summed E-state index contributed by atoms with van der Waals surface area (Å²) >= 11 is 0. The quantitative estimate of drug-likeness (QED) is 0.691. The van der Waals surface area contributed by atoms with E-state index in [2.05, 4.69) is 20.5 Å². The number of aryl methyl sites for hydroxylation is 1. The number of anilines is 1. The van der Waals surface area contributed by atoms with Crippen molar-refractivity contribution >= 4 is 22.6 Å². The number of nitrogens with zero attached hydrogens (tertiary/aromatic N) is 1. The number of rotatable bonds is 4. The Morgan fingerprint density at radius 3 is 3.00 bits per heavy atom. The zero-order valence-electron chi connectivity index (χ0n) is 12.4. The van der Waals surface area contributed by atoms with E-state index in [4.69, 9.17) is 0 Å². The van der Waals surface area contributed by atoms with E-state index >= 15 is 0 Å². The predicted octanol–water partition coefficient (Wildman–Crippen LogP) is 3.26. The minimum atomic E-state index is -0.0401. The topological polar surface area (TPSA) is 73.6 Å². The second-order valence-corrected chi connectivity index (χ2v) is 5.98. The van der Waals surface area contributed by atoms with E-state index in [-0.39, 0.29) is 5.91 Å². The molecular formula is C17H18N4O. The van der Waals surface area contributed by atoms with Crippen molar-refractivity contribution in [2.45, 2.75) is 32.1 Å². The van der Waals surface area contributed by atoms with Gasteiger partial charge in [0.1, 0.15) is 0 Å². The zero-order valence-corrected chi connectivity index (χ0v) is 12.4. The summed E-state index contributed by atoms with van der Waals surface area (Å²) in [5.41, 5.74) is 4.28. The fourth-order valence-electron chi connectivity index (χ4n) is 2.91. The summed E-state index contributed by atoms with van der Waals surface area (Å²) in [5.74, 6) is 1.18. The van der Waals surface area contributed by atoms with E-state index in [1.807, 2.05) is 37.3 Å². The van der Waals surface area contributed by atoms with Crippen molar-refractivity contribution in [2.24, 2.45) is 0 Å². The lowest BCUT2D eigenvalue weighted by atomic mass is 10.1. The molecule has 2 heterocycles. The van der Waals surface area contributed by atoms with Crippen molar-refractivity contribution in [3.05, 3.63) is 47.3 Å². The first kappa shape index (κ1) is 13.1. The molecule has 112 valence electrons. The molecule has 4 rings (SSSR count). The summed E-state index contributed by atoms with van der Waals surface area (Å²) in [4.78, 5) is 15.6. The van der Waals surface area contributed by atoms with Crippen molar-refractivity contribution in [3.8, 4) is 0 Å². The van der Waals surface area contributed by atoms with Gasteiger partial charge in [0.05, 0.1) is 6.42 Å². The average Bonchev–Trinajstić information content (AvgIpc) is 3.18. The Morgan fingerprint density at radius 1 is 1.36 bits per heavy atom. The second kappa shape index (κ2) is 5.02. The van der Waals surface area contributed by atoms with E-state index < -0.39 is 0 Å². The van der Waals surface area contributed by atoms with E-state index in [1.165, 1.54) is 12.8 Å². The molecule has 5 heteroatoms. The average molecular weight is 294 g/mol. The number of aromatic amines is 2. The summed E-state index contributed by atoms with van der Waals surface area (Å²) in [5, 5.41) is 11.2. The van der Waals surface area contributed by atoms with Gasteiger partial charge in [-0.3, -0.25) is 9.89 Å². The molecule has 1 fully saturated rings. The Labute approximate surface area is 128 Å². The Kier molecular flexibility index (Phi) is 2.99. The molecule has 0 unspecified atom stereocenters. The van der Waals surface area contributed by atoms with Gasteiger partial charge in [-0.25, -0.2) is 0 Å². The van der Waals surface area contributed by atoms with Crippen molar-refractivity contribution in [1.82, 2.24) is 15.2 Å². The molecule has 1 aliphatic carbocycles. The minimum absolute atomic E-state index is 0.0401. The second-order valence-electron chi connectivity index (χ2n) is 5.98. The molecule has 1 aromatic carbocycles. The molecule has 0 atom stereocenters. The van der Waals surface area contributed by atoms with Crippen molar-refractivity contribution in [3.63, 3.8) is 0 Å². The van der Waals surface area contributed by atoms with Gasteiger partial charge in [-0.2, -0.15) is 5.10 Å². The summed E-state index contributed by atoms with van der Waals surface area (Å²) in [6.45, 7) is 2.00. The maximum atomic E-state index is 12.3. The maximum Gasteiger partial charge on any atom is 0.230 e. The van der Waals surface area contributed by atoms with Crippen LogP contribution in [0.25, 0.3) is 10.9 Å². The summed E-state index contributed by atoms with van der Waals surface area (Å²) in [7, 11) is 0. The Bertz CT molecular complexity index is 841. The van der Waals surface area contributed by atoms with Crippen molar-refractivity contribution in [1.29, 1.82) is 0 Å². The van der Waals surface area contributed by atoms with E-state index in [0.717, 1.165) is 27.9 Å². The SMILES string of the molecule is Cc1[nH]c2ccccc2c1CC(=O)Nc1cc(C2CC2)[nH]n1. The molecule has 22 heavy (non-hydrogen) atoms. The van der Waals surface area contributed by atoms with E-state index in [9.17, 15) is 4.79 Å². The van der Waals surface area contributed by atoms with E-state index in [0.29, 0.717) is 18.2 Å². The van der Waals surface area contributed by atoms with Crippen LogP contribution >= 0.6 is 0 Å². The van der Waals surface area contributed by atoms with Crippen LogP contribution in [0, 0.1) is 6.92 Å². The van der Waals surface area contributed by atoms with Crippen LogP contribution in [0.3, 0.4) is 0 Å². The standard InChI is InChI=1S/C17H18N4O/c1-10-13(12-4-2-3-5-14(12)18-10)8-17(22)19-16-9-15(20-21-16)11-6-7-11/h2-5,9,11,18H,6-8H2,1H3,(H2,19,20,21,22). The number of hydrogen-bond donors (Lipinski definition) is 3. The van der Waals surface area contributed by atoms with Gasteiger partial charge in [0.2, 0.25) is 5.91 Å². The molecule has 3 aromatic rings. The van der Waals surface area contributed by atoms with Gasteiger partial charge in [-0.1, -0.05) is 18.2 Å². The monoisotopic (exact) mass is 294 g/mol. The van der Waals surface area contributed by atoms with Crippen LogP contribution in [0.5, 0.6) is 0 Å². The van der Waals surface area contributed by atoms with E-state index in [1.54, 1.807) is 0 Å². The minimum Gasteiger partial charge on any atom is -0.358 e. The number of carbonyl (C=O) groups is 1. The molecule has 0 spiro atoms. The third-order valence-electron chi connectivity index (χ3n) is 4.25. The first-order valence-corrected chi connectivity index (χ1v) is 7.62. The molecule has 1 amide bonds. The van der Waals surface area contributed by atoms with Gasteiger partial charge in [0.25, 0.3) is 0 Å². The Balaban J connectivity index is 1.51. The third kappa shape index (κ3) is 2.39. The number of nitrogens with one attached hydrogen (secondary N) is 3. The zero-order chi connectivity index (χ0) is 15.1. The highest BCUT2D eigenvalue weighted by atomic mass is 16.1. The van der Waals surface area contributed by atoms with Gasteiger partial charge in [0, 0.05) is 34.3 Å². The predicted molar refractivity (Wildman–Crippen MR) is 85.9 cm³/mol. The molecule has 0 radical (unpaired) electrons. The fraction of sp³-hybridized carbons (Fsp3) is 0.294. The molecule has 0 aliphatic heterocycles. The number of H-pyrrole nitrogens is 2.